The van der Waals surface area contributed by atoms with Crippen molar-refractivity contribution < 1.29 is 4.79 Å². The number of carbonyl (C=O) groups excluding carboxylic acids is 1. The van der Waals surface area contributed by atoms with Gasteiger partial charge in [0, 0.05) is 6.08 Å². The number of hydrogen-bond donors (Lipinski definition) is 0. The second-order valence-corrected chi connectivity index (χ2v) is 4.07. The van der Waals surface area contributed by atoms with Crippen molar-refractivity contribution >= 4 is 17.7 Å². The van der Waals surface area contributed by atoms with E-state index in [1.165, 1.54) is 6.08 Å². The van der Waals surface area contributed by atoms with Crippen molar-refractivity contribution in [3.63, 3.8) is 0 Å². The van der Waals surface area contributed by atoms with Crippen LogP contribution in [0.1, 0.15) is 11.1 Å². The lowest BCUT2D eigenvalue weighted by atomic mass is 10.2. The molecule has 0 unspecified atom stereocenters. The molecule has 19 heavy (non-hydrogen) atoms. The molecule has 3 nitrogen and oxygen atoms in total. The molecule has 2 aromatic carbocycles. The summed E-state index contributed by atoms with van der Waals surface area (Å²) in [5, 5.41) is 7.61. The molecule has 0 spiro atoms. The van der Waals surface area contributed by atoms with E-state index in [-0.39, 0.29) is 5.91 Å². The van der Waals surface area contributed by atoms with E-state index in [4.69, 9.17) is 0 Å². The molecule has 0 saturated carbocycles. The number of azo groups is 1. The van der Waals surface area contributed by atoms with Gasteiger partial charge in [-0.3, -0.25) is 4.79 Å². The van der Waals surface area contributed by atoms with Gasteiger partial charge in [0.05, 0.1) is 5.69 Å². The average Bonchev–Trinajstić information content (AvgIpc) is 2.45. The van der Waals surface area contributed by atoms with Crippen molar-refractivity contribution in [1.82, 2.24) is 0 Å². The molecule has 0 atom stereocenters. The zero-order valence-corrected chi connectivity index (χ0v) is 10.7. The van der Waals surface area contributed by atoms with Crippen LogP contribution in [0.15, 0.2) is 70.9 Å². The minimum absolute atomic E-state index is 0.368. The lowest BCUT2D eigenvalue weighted by molar-refractivity contribution is -0.113. The van der Waals surface area contributed by atoms with E-state index in [2.05, 4.69) is 10.2 Å². The van der Waals surface area contributed by atoms with E-state index in [0.717, 1.165) is 11.1 Å². The van der Waals surface area contributed by atoms with Crippen LogP contribution >= 0.6 is 0 Å². The molecule has 0 aromatic heterocycles. The van der Waals surface area contributed by atoms with Crippen molar-refractivity contribution in [1.29, 1.82) is 0 Å². The van der Waals surface area contributed by atoms with E-state index in [0.29, 0.717) is 5.69 Å². The number of rotatable bonds is 3. The standard InChI is InChI=1S/C16H14N2O/c1-13-7-5-6-10-15(13)17-18-16(19)12-11-14-8-3-2-4-9-14/h2-12H,1H3/b12-11+,18-17?. The van der Waals surface area contributed by atoms with Gasteiger partial charge < -0.3 is 0 Å². The Bertz CT molecular complexity index is 616. The third kappa shape index (κ3) is 4.00. The molecule has 0 radical (unpaired) electrons. The van der Waals surface area contributed by atoms with Gasteiger partial charge in [-0.1, -0.05) is 48.5 Å². The van der Waals surface area contributed by atoms with E-state index < -0.39 is 0 Å². The van der Waals surface area contributed by atoms with Gasteiger partial charge in [-0.2, -0.15) is 0 Å². The van der Waals surface area contributed by atoms with Crippen LogP contribution in [0.5, 0.6) is 0 Å². The Labute approximate surface area is 112 Å². The molecule has 0 N–H and O–H groups in total. The first-order valence-corrected chi connectivity index (χ1v) is 6.00. The average molecular weight is 250 g/mol. The zero-order chi connectivity index (χ0) is 13.5. The van der Waals surface area contributed by atoms with E-state index >= 15 is 0 Å². The minimum Gasteiger partial charge on any atom is -0.266 e. The van der Waals surface area contributed by atoms with Crippen molar-refractivity contribution in [3.05, 3.63) is 71.8 Å². The summed E-state index contributed by atoms with van der Waals surface area (Å²) in [6.45, 7) is 1.93. The smallest absolute Gasteiger partial charge is 0.266 e. The van der Waals surface area contributed by atoms with Gasteiger partial charge in [0.2, 0.25) is 0 Å². The monoisotopic (exact) mass is 250 g/mol. The molecule has 0 bridgehead atoms. The first-order valence-electron chi connectivity index (χ1n) is 6.00. The summed E-state index contributed by atoms with van der Waals surface area (Å²) < 4.78 is 0. The first-order chi connectivity index (χ1) is 9.25. The molecule has 0 aliphatic heterocycles. The summed E-state index contributed by atoms with van der Waals surface area (Å²) in [5.74, 6) is -0.368. The summed E-state index contributed by atoms with van der Waals surface area (Å²) in [6.07, 6.45) is 3.14. The first kappa shape index (κ1) is 12.9. The molecule has 2 rings (SSSR count). The molecule has 0 heterocycles. The molecule has 1 amide bonds. The lowest BCUT2D eigenvalue weighted by Gasteiger charge is -1.95. The fraction of sp³-hybridized carbons (Fsp3) is 0.0625. The predicted molar refractivity (Wildman–Crippen MR) is 76.2 cm³/mol. The molecule has 94 valence electrons. The number of benzene rings is 2. The summed E-state index contributed by atoms with van der Waals surface area (Å²) in [6, 6.07) is 17.1. The number of nitrogens with zero attached hydrogens (tertiary/aromatic N) is 2. The van der Waals surface area contributed by atoms with E-state index in [9.17, 15) is 4.79 Å². The van der Waals surface area contributed by atoms with Crippen LogP contribution in [-0.2, 0) is 4.79 Å². The Morgan fingerprint density at radius 1 is 1.00 bits per heavy atom. The Kier molecular flexibility index (Phi) is 4.34. The molecule has 0 aliphatic rings. The SMILES string of the molecule is Cc1ccccc1N=NC(=O)/C=C/c1ccccc1. The topological polar surface area (TPSA) is 41.8 Å². The zero-order valence-electron chi connectivity index (χ0n) is 10.7. The van der Waals surface area contributed by atoms with Gasteiger partial charge >= 0.3 is 0 Å². The quantitative estimate of drug-likeness (QED) is 0.591. The van der Waals surface area contributed by atoms with Crippen LogP contribution in [0.2, 0.25) is 0 Å². The van der Waals surface area contributed by atoms with Gasteiger partial charge in [0.25, 0.3) is 5.91 Å². The molecular formula is C16H14N2O. The fourth-order valence-corrected chi connectivity index (χ4v) is 1.54. The predicted octanol–water partition coefficient (Wildman–Crippen LogP) is 4.32. The van der Waals surface area contributed by atoms with Crippen molar-refractivity contribution in [2.45, 2.75) is 6.92 Å². The van der Waals surface area contributed by atoms with Gasteiger partial charge in [-0.15, -0.1) is 10.2 Å². The lowest BCUT2D eigenvalue weighted by Crippen LogP contribution is -1.84. The fourth-order valence-electron chi connectivity index (χ4n) is 1.54. The van der Waals surface area contributed by atoms with Gasteiger partial charge in [0.15, 0.2) is 0 Å². The highest BCUT2D eigenvalue weighted by molar-refractivity contribution is 5.92. The third-order valence-corrected chi connectivity index (χ3v) is 2.59. The van der Waals surface area contributed by atoms with Crippen LogP contribution in [-0.4, -0.2) is 5.91 Å². The summed E-state index contributed by atoms with van der Waals surface area (Å²) >= 11 is 0. The highest BCUT2D eigenvalue weighted by Gasteiger charge is 1.96. The highest BCUT2D eigenvalue weighted by atomic mass is 16.1. The minimum atomic E-state index is -0.368. The van der Waals surface area contributed by atoms with Crippen molar-refractivity contribution in [2.24, 2.45) is 10.2 Å². The largest absolute Gasteiger partial charge is 0.288 e. The molecule has 0 aliphatic carbocycles. The maximum atomic E-state index is 11.6. The van der Waals surface area contributed by atoms with E-state index in [1.54, 1.807) is 6.08 Å². The number of carbonyl (C=O) groups is 1. The Morgan fingerprint density at radius 2 is 1.68 bits per heavy atom. The van der Waals surface area contributed by atoms with Crippen LogP contribution in [0.3, 0.4) is 0 Å². The summed E-state index contributed by atoms with van der Waals surface area (Å²) in [7, 11) is 0. The van der Waals surface area contributed by atoms with Gasteiger partial charge in [-0.05, 0) is 30.2 Å². The molecular weight excluding hydrogens is 236 g/mol. The molecule has 3 heteroatoms. The van der Waals surface area contributed by atoms with Crippen molar-refractivity contribution in [2.75, 3.05) is 0 Å². The van der Waals surface area contributed by atoms with Gasteiger partial charge in [0.1, 0.15) is 0 Å². The van der Waals surface area contributed by atoms with Crippen LogP contribution in [0.4, 0.5) is 5.69 Å². The second-order valence-electron chi connectivity index (χ2n) is 4.07. The normalized spacial score (nSPS) is 11.2. The Morgan fingerprint density at radius 3 is 2.42 bits per heavy atom. The molecule has 0 saturated heterocycles. The molecule has 0 fully saturated rings. The highest BCUT2D eigenvalue weighted by Crippen LogP contribution is 2.17. The van der Waals surface area contributed by atoms with Crippen LogP contribution in [0.25, 0.3) is 6.08 Å². The number of amides is 1. The number of hydrogen-bond acceptors (Lipinski definition) is 2. The van der Waals surface area contributed by atoms with E-state index in [1.807, 2.05) is 61.5 Å². The Balaban J connectivity index is 2.02. The maximum Gasteiger partial charge on any atom is 0.288 e. The summed E-state index contributed by atoms with van der Waals surface area (Å²) in [4.78, 5) is 11.6. The summed E-state index contributed by atoms with van der Waals surface area (Å²) in [5.41, 5.74) is 2.66. The number of aryl methyl sites for hydroxylation is 1. The van der Waals surface area contributed by atoms with Crippen molar-refractivity contribution in [3.8, 4) is 0 Å². The van der Waals surface area contributed by atoms with Crippen LogP contribution in [0, 0.1) is 6.92 Å². The third-order valence-electron chi connectivity index (χ3n) is 2.59. The second kappa shape index (κ2) is 6.40. The molecule has 2 aromatic rings. The van der Waals surface area contributed by atoms with Gasteiger partial charge in [-0.25, -0.2) is 0 Å². The maximum absolute atomic E-state index is 11.6. The van der Waals surface area contributed by atoms with Crippen LogP contribution < -0.4 is 0 Å². The Hall–Kier alpha value is -2.55.